The molecule has 2 saturated heterocycles. The van der Waals surface area contributed by atoms with Gasteiger partial charge in [-0.2, -0.15) is 0 Å². The summed E-state index contributed by atoms with van der Waals surface area (Å²) in [7, 11) is 0. The van der Waals surface area contributed by atoms with E-state index in [-0.39, 0.29) is 24.2 Å². The Morgan fingerprint density at radius 3 is 2.68 bits per heavy atom. The van der Waals surface area contributed by atoms with E-state index in [0.717, 1.165) is 51.7 Å². The molecule has 2 atom stereocenters. The molecule has 0 radical (unpaired) electrons. The van der Waals surface area contributed by atoms with Gasteiger partial charge >= 0.3 is 0 Å². The van der Waals surface area contributed by atoms with Crippen LogP contribution in [-0.4, -0.2) is 60.4 Å². The van der Waals surface area contributed by atoms with Crippen LogP contribution in [-0.2, 0) is 9.53 Å². The summed E-state index contributed by atoms with van der Waals surface area (Å²) in [6, 6.07) is 0. The fourth-order valence-electron chi connectivity index (χ4n) is 2.77. The monoisotopic (exact) mass is 270 g/mol. The minimum Gasteiger partial charge on any atom is -0.393 e. The lowest BCUT2D eigenvalue weighted by Gasteiger charge is -2.29. The fourth-order valence-corrected chi connectivity index (χ4v) is 2.77. The molecule has 2 fully saturated rings. The quantitative estimate of drug-likeness (QED) is 0.715. The minimum atomic E-state index is -0.236. The van der Waals surface area contributed by atoms with E-state index in [0.29, 0.717) is 6.54 Å². The van der Waals surface area contributed by atoms with E-state index in [9.17, 15) is 9.90 Å². The first kappa shape index (κ1) is 14.8. The number of hydrogen-bond donors (Lipinski definition) is 2. The Morgan fingerprint density at radius 2 is 2.05 bits per heavy atom. The fraction of sp³-hybridized carbons (Fsp3) is 0.929. The van der Waals surface area contributed by atoms with E-state index in [2.05, 4.69) is 10.2 Å². The SMILES string of the molecule is CC1CCC(C(=O)NCCCN2CCC(O)CC2)O1. The molecule has 19 heavy (non-hydrogen) atoms. The molecule has 2 aliphatic heterocycles. The van der Waals surface area contributed by atoms with Crippen molar-refractivity contribution in [2.45, 2.75) is 57.3 Å². The van der Waals surface area contributed by atoms with Crippen LogP contribution in [0, 0.1) is 0 Å². The molecule has 2 N–H and O–H groups in total. The van der Waals surface area contributed by atoms with E-state index in [1.54, 1.807) is 0 Å². The number of hydrogen-bond acceptors (Lipinski definition) is 4. The standard InChI is InChI=1S/C14H26N2O3/c1-11-3-4-13(19-11)14(18)15-7-2-8-16-9-5-12(17)6-10-16/h11-13,17H,2-10H2,1H3,(H,15,18). The number of carbonyl (C=O) groups excluding carboxylic acids is 1. The Balaban J connectivity index is 1.53. The molecule has 2 heterocycles. The molecule has 0 saturated carbocycles. The average molecular weight is 270 g/mol. The van der Waals surface area contributed by atoms with Gasteiger partial charge in [-0.15, -0.1) is 0 Å². The van der Waals surface area contributed by atoms with Crippen molar-refractivity contribution in [2.24, 2.45) is 0 Å². The van der Waals surface area contributed by atoms with Crippen molar-refractivity contribution in [1.29, 1.82) is 0 Å². The van der Waals surface area contributed by atoms with Gasteiger partial charge in [-0.25, -0.2) is 0 Å². The molecule has 2 rings (SSSR count). The van der Waals surface area contributed by atoms with E-state index < -0.39 is 0 Å². The Morgan fingerprint density at radius 1 is 1.32 bits per heavy atom. The zero-order valence-corrected chi connectivity index (χ0v) is 11.8. The Kier molecular flexibility index (Phi) is 5.60. The van der Waals surface area contributed by atoms with Crippen LogP contribution in [0.5, 0.6) is 0 Å². The molecule has 0 aromatic carbocycles. The van der Waals surface area contributed by atoms with Crippen LogP contribution in [0.15, 0.2) is 0 Å². The van der Waals surface area contributed by atoms with Gasteiger partial charge in [0.25, 0.3) is 0 Å². The van der Waals surface area contributed by atoms with Crippen molar-refractivity contribution in [3.63, 3.8) is 0 Å². The van der Waals surface area contributed by atoms with Gasteiger partial charge in [-0.3, -0.25) is 4.79 Å². The summed E-state index contributed by atoms with van der Waals surface area (Å²) < 4.78 is 5.53. The third-order valence-corrected chi connectivity index (χ3v) is 4.03. The van der Waals surface area contributed by atoms with Gasteiger partial charge in [0.05, 0.1) is 12.2 Å². The van der Waals surface area contributed by atoms with Gasteiger partial charge in [-0.1, -0.05) is 0 Å². The highest BCUT2D eigenvalue weighted by molar-refractivity contribution is 5.80. The molecule has 0 aromatic rings. The largest absolute Gasteiger partial charge is 0.393 e. The predicted octanol–water partition coefficient (Wildman–Crippen LogP) is 0.517. The molecule has 110 valence electrons. The van der Waals surface area contributed by atoms with Crippen LogP contribution >= 0.6 is 0 Å². The van der Waals surface area contributed by atoms with E-state index in [1.807, 2.05) is 6.92 Å². The highest BCUT2D eigenvalue weighted by Crippen LogP contribution is 2.18. The number of ether oxygens (including phenoxy) is 1. The van der Waals surface area contributed by atoms with Gasteiger partial charge < -0.3 is 20.1 Å². The summed E-state index contributed by atoms with van der Waals surface area (Å²) in [6.45, 7) is 5.66. The summed E-state index contributed by atoms with van der Waals surface area (Å²) in [6.07, 6.45) is 4.41. The van der Waals surface area contributed by atoms with E-state index in [4.69, 9.17) is 4.74 Å². The number of amides is 1. The molecule has 0 spiro atoms. The zero-order valence-electron chi connectivity index (χ0n) is 11.8. The van der Waals surface area contributed by atoms with Crippen LogP contribution < -0.4 is 5.32 Å². The van der Waals surface area contributed by atoms with Crippen molar-refractivity contribution in [3.8, 4) is 0 Å². The van der Waals surface area contributed by atoms with Crippen molar-refractivity contribution in [3.05, 3.63) is 0 Å². The van der Waals surface area contributed by atoms with Crippen LogP contribution in [0.2, 0.25) is 0 Å². The number of likely N-dealkylation sites (tertiary alicyclic amines) is 1. The first-order valence-corrected chi connectivity index (χ1v) is 7.48. The van der Waals surface area contributed by atoms with E-state index in [1.165, 1.54) is 0 Å². The highest BCUT2D eigenvalue weighted by atomic mass is 16.5. The number of aliphatic hydroxyl groups is 1. The predicted molar refractivity (Wildman–Crippen MR) is 72.9 cm³/mol. The Bertz CT molecular complexity index is 290. The van der Waals surface area contributed by atoms with Crippen LogP contribution in [0.1, 0.15) is 39.0 Å². The zero-order chi connectivity index (χ0) is 13.7. The number of nitrogens with one attached hydrogen (secondary N) is 1. The molecular formula is C14H26N2O3. The Labute approximate surface area is 115 Å². The molecule has 1 amide bonds. The van der Waals surface area contributed by atoms with Gasteiger partial charge in [0, 0.05) is 19.6 Å². The molecule has 2 aliphatic rings. The molecule has 0 bridgehead atoms. The van der Waals surface area contributed by atoms with Crippen LogP contribution in [0.4, 0.5) is 0 Å². The normalized spacial score (nSPS) is 29.6. The van der Waals surface area contributed by atoms with Gasteiger partial charge in [0.1, 0.15) is 6.10 Å². The molecule has 5 heteroatoms. The minimum absolute atomic E-state index is 0.0402. The number of piperidine rings is 1. The number of aliphatic hydroxyl groups excluding tert-OH is 1. The van der Waals surface area contributed by atoms with Crippen molar-refractivity contribution >= 4 is 5.91 Å². The van der Waals surface area contributed by atoms with Gasteiger partial charge in [-0.05, 0) is 45.6 Å². The topological polar surface area (TPSA) is 61.8 Å². The second kappa shape index (κ2) is 7.22. The third-order valence-electron chi connectivity index (χ3n) is 4.03. The molecule has 5 nitrogen and oxygen atoms in total. The average Bonchev–Trinajstić information content (AvgIpc) is 2.83. The number of carbonyl (C=O) groups is 1. The second-order valence-electron chi connectivity index (χ2n) is 5.73. The first-order chi connectivity index (χ1) is 9.15. The smallest absolute Gasteiger partial charge is 0.249 e. The van der Waals surface area contributed by atoms with Gasteiger partial charge in [0.2, 0.25) is 5.91 Å². The lowest BCUT2D eigenvalue weighted by molar-refractivity contribution is -0.131. The lowest BCUT2D eigenvalue weighted by Crippen LogP contribution is -2.39. The van der Waals surface area contributed by atoms with Crippen molar-refractivity contribution in [2.75, 3.05) is 26.2 Å². The number of nitrogens with zero attached hydrogens (tertiary/aromatic N) is 1. The summed E-state index contributed by atoms with van der Waals surface area (Å²) in [4.78, 5) is 14.2. The van der Waals surface area contributed by atoms with Gasteiger partial charge in [0.15, 0.2) is 0 Å². The molecular weight excluding hydrogens is 244 g/mol. The summed E-state index contributed by atoms with van der Waals surface area (Å²) >= 11 is 0. The van der Waals surface area contributed by atoms with Crippen molar-refractivity contribution in [1.82, 2.24) is 10.2 Å². The molecule has 2 unspecified atom stereocenters. The van der Waals surface area contributed by atoms with Crippen LogP contribution in [0.3, 0.4) is 0 Å². The maximum absolute atomic E-state index is 11.8. The van der Waals surface area contributed by atoms with Crippen LogP contribution in [0.25, 0.3) is 0 Å². The van der Waals surface area contributed by atoms with E-state index >= 15 is 0 Å². The highest BCUT2D eigenvalue weighted by Gasteiger charge is 2.27. The maximum Gasteiger partial charge on any atom is 0.249 e. The summed E-state index contributed by atoms with van der Waals surface area (Å²) in [5.41, 5.74) is 0. The van der Waals surface area contributed by atoms with Crippen molar-refractivity contribution < 1.29 is 14.6 Å². The third kappa shape index (κ3) is 4.75. The summed E-state index contributed by atoms with van der Waals surface area (Å²) in [5, 5.41) is 12.4. The maximum atomic E-state index is 11.8. The lowest BCUT2D eigenvalue weighted by atomic mass is 10.1. The summed E-state index contributed by atoms with van der Waals surface area (Å²) in [5.74, 6) is 0.0402. The molecule has 0 aliphatic carbocycles. The first-order valence-electron chi connectivity index (χ1n) is 7.48. The Hall–Kier alpha value is -0.650. The second-order valence-corrected chi connectivity index (χ2v) is 5.73. The number of rotatable bonds is 5. The molecule has 0 aromatic heterocycles.